The lowest BCUT2D eigenvalue weighted by molar-refractivity contribution is 0.0818. The van der Waals surface area contributed by atoms with Gasteiger partial charge in [0.25, 0.3) is 0 Å². The van der Waals surface area contributed by atoms with Crippen LogP contribution in [0.5, 0.6) is 17.2 Å². The molecular formula is C23H31NO5. The number of rotatable bonds is 12. The van der Waals surface area contributed by atoms with E-state index in [1.54, 1.807) is 32.4 Å². The third kappa shape index (κ3) is 6.48. The van der Waals surface area contributed by atoms with Gasteiger partial charge in [0.15, 0.2) is 17.3 Å². The number of aliphatic hydroxyl groups excluding tert-OH is 1. The summed E-state index contributed by atoms with van der Waals surface area (Å²) in [7, 11) is 3.10. The predicted molar refractivity (Wildman–Crippen MR) is 113 cm³/mol. The zero-order chi connectivity index (χ0) is 21.2. The van der Waals surface area contributed by atoms with Crippen molar-refractivity contribution in [2.45, 2.75) is 44.8 Å². The molecule has 6 nitrogen and oxygen atoms in total. The lowest BCUT2D eigenvalue weighted by atomic mass is 10.0. The van der Waals surface area contributed by atoms with Gasteiger partial charge < -0.3 is 25.1 Å². The van der Waals surface area contributed by atoms with E-state index in [0.717, 1.165) is 18.4 Å². The number of aliphatic hydroxyl groups is 1. The van der Waals surface area contributed by atoms with Crippen molar-refractivity contribution in [3.05, 3.63) is 53.6 Å². The zero-order valence-electron chi connectivity index (χ0n) is 17.4. The number of Topliss-reactive ketones (excluding diaryl/α,β-unsaturated/α-hetero) is 1. The SMILES string of the molecule is CCCC(N)C(O)COc1ccccc1CCC(=O)c1ccc(OC)c(OC)c1. The molecule has 0 fully saturated rings. The van der Waals surface area contributed by atoms with Gasteiger partial charge in [0.05, 0.1) is 14.2 Å². The smallest absolute Gasteiger partial charge is 0.163 e. The third-order valence-corrected chi connectivity index (χ3v) is 4.83. The molecule has 2 atom stereocenters. The van der Waals surface area contributed by atoms with Crippen LogP contribution in [0.3, 0.4) is 0 Å². The van der Waals surface area contributed by atoms with Crippen molar-refractivity contribution in [3.8, 4) is 17.2 Å². The minimum Gasteiger partial charge on any atom is -0.493 e. The molecule has 2 aromatic carbocycles. The zero-order valence-corrected chi connectivity index (χ0v) is 17.4. The van der Waals surface area contributed by atoms with Gasteiger partial charge in [0, 0.05) is 18.0 Å². The van der Waals surface area contributed by atoms with Crippen molar-refractivity contribution in [1.82, 2.24) is 0 Å². The largest absolute Gasteiger partial charge is 0.493 e. The molecule has 0 heterocycles. The van der Waals surface area contributed by atoms with Gasteiger partial charge in [0.2, 0.25) is 0 Å². The second-order valence-corrected chi connectivity index (χ2v) is 6.93. The van der Waals surface area contributed by atoms with E-state index >= 15 is 0 Å². The number of aryl methyl sites for hydroxylation is 1. The average Bonchev–Trinajstić information content (AvgIpc) is 2.75. The van der Waals surface area contributed by atoms with Gasteiger partial charge in [-0.05, 0) is 42.7 Å². The number of para-hydroxylation sites is 1. The molecule has 0 radical (unpaired) electrons. The standard InChI is InChI=1S/C23H31NO5/c1-4-7-18(24)20(26)15-29-21-9-6-5-8-16(21)10-12-19(25)17-11-13-22(27-2)23(14-17)28-3/h5-6,8-9,11,13-14,18,20,26H,4,7,10,12,15,24H2,1-3H3. The van der Waals surface area contributed by atoms with E-state index in [1.807, 2.05) is 31.2 Å². The summed E-state index contributed by atoms with van der Waals surface area (Å²) >= 11 is 0. The van der Waals surface area contributed by atoms with Crippen LogP contribution in [0.25, 0.3) is 0 Å². The van der Waals surface area contributed by atoms with E-state index in [1.165, 1.54) is 0 Å². The minimum atomic E-state index is -0.726. The molecule has 2 aromatic rings. The van der Waals surface area contributed by atoms with Crippen molar-refractivity contribution >= 4 is 5.78 Å². The van der Waals surface area contributed by atoms with E-state index in [0.29, 0.717) is 35.7 Å². The maximum atomic E-state index is 12.6. The fourth-order valence-electron chi connectivity index (χ4n) is 3.08. The molecule has 6 heteroatoms. The second kappa shape index (κ2) is 11.4. The maximum Gasteiger partial charge on any atom is 0.163 e. The van der Waals surface area contributed by atoms with Gasteiger partial charge in [-0.15, -0.1) is 0 Å². The fraction of sp³-hybridized carbons (Fsp3) is 0.435. The minimum absolute atomic E-state index is 0.00533. The first-order chi connectivity index (χ1) is 14.0. The Kier molecular flexibility index (Phi) is 8.96. The number of carbonyl (C=O) groups excluding carboxylic acids is 1. The number of hydrogen-bond donors (Lipinski definition) is 2. The second-order valence-electron chi connectivity index (χ2n) is 6.93. The highest BCUT2D eigenvalue weighted by Crippen LogP contribution is 2.28. The topological polar surface area (TPSA) is 91.0 Å². The van der Waals surface area contributed by atoms with Crippen molar-refractivity contribution in [3.63, 3.8) is 0 Å². The third-order valence-electron chi connectivity index (χ3n) is 4.83. The van der Waals surface area contributed by atoms with E-state index in [-0.39, 0.29) is 18.4 Å². The Morgan fingerprint density at radius 2 is 1.79 bits per heavy atom. The normalized spacial score (nSPS) is 12.9. The molecule has 0 aromatic heterocycles. The summed E-state index contributed by atoms with van der Waals surface area (Å²) in [6.45, 7) is 2.15. The van der Waals surface area contributed by atoms with Crippen molar-refractivity contribution < 1.29 is 24.1 Å². The first kappa shape index (κ1) is 22.7. The number of hydrogen-bond acceptors (Lipinski definition) is 6. The van der Waals surface area contributed by atoms with Crippen molar-refractivity contribution in [2.24, 2.45) is 5.73 Å². The molecule has 29 heavy (non-hydrogen) atoms. The van der Waals surface area contributed by atoms with Crippen LogP contribution in [0.4, 0.5) is 0 Å². The summed E-state index contributed by atoms with van der Waals surface area (Å²) < 4.78 is 16.3. The Bertz CT molecular complexity index is 793. The van der Waals surface area contributed by atoms with Crippen molar-refractivity contribution in [1.29, 1.82) is 0 Å². The van der Waals surface area contributed by atoms with Crippen molar-refractivity contribution in [2.75, 3.05) is 20.8 Å². The number of ketones is 1. The Morgan fingerprint density at radius 1 is 1.07 bits per heavy atom. The molecule has 0 amide bonds. The van der Waals surface area contributed by atoms with Gasteiger partial charge in [-0.25, -0.2) is 0 Å². The first-order valence-corrected chi connectivity index (χ1v) is 9.89. The van der Waals surface area contributed by atoms with Crippen LogP contribution < -0.4 is 19.9 Å². The number of methoxy groups -OCH3 is 2. The summed E-state index contributed by atoms with van der Waals surface area (Å²) in [5.74, 6) is 1.78. The van der Waals surface area contributed by atoms with Gasteiger partial charge >= 0.3 is 0 Å². The number of benzene rings is 2. The molecule has 0 spiro atoms. The lowest BCUT2D eigenvalue weighted by Crippen LogP contribution is -2.38. The Labute approximate surface area is 172 Å². The highest BCUT2D eigenvalue weighted by Gasteiger charge is 2.16. The molecular weight excluding hydrogens is 370 g/mol. The van der Waals surface area contributed by atoms with E-state index in [4.69, 9.17) is 19.9 Å². The van der Waals surface area contributed by atoms with Gasteiger partial charge in [-0.2, -0.15) is 0 Å². The Morgan fingerprint density at radius 3 is 2.48 bits per heavy atom. The summed E-state index contributed by atoms with van der Waals surface area (Å²) in [6.07, 6.45) is 1.78. The van der Waals surface area contributed by atoms with E-state index in [9.17, 15) is 9.90 Å². The molecule has 0 saturated heterocycles. The molecule has 158 valence electrons. The fourth-order valence-corrected chi connectivity index (χ4v) is 3.08. The summed E-state index contributed by atoms with van der Waals surface area (Å²) in [5.41, 5.74) is 7.43. The van der Waals surface area contributed by atoms with Crippen LogP contribution in [0, 0.1) is 0 Å². The van der Waals surface area contributed by atoms with Crippen LogP contribution >= 0.6 is 0 Å². The molecule has 2 rings (SSSR count). The first-order valence-electron chi connectivity index (χ1n) is 9.89. The number of ether oxygens (including phenoxy) is 3. The lowest BCUT2D eigenvalue weighted by Gasteiger charge is -2.19. The summed E-state index contributed by atoms with van der Waals surface area (Å²) in [4.78, 5) is 12.6. The van der Waals surface area contributed by atoms with E-state index in [2.05, 4.69) is 0 Å². The van der Waals surface area contributed by atoms with Gasteiger partial charge in [-0.1, -0.05) is 31.5 Å². The summed E-state index contributed by atoms with van der Waals surface area (Å²) in [6, 6.07) is 12.4. The van der Waals surface area contributed by atoms with Gasteiger partial charge in [0.1, 0.15) is 18.5 Å². The van der Waals surface area contributed by atoms with Crippen LogP contribution in [0.15, 0.2) is 42.5 Å². The Hall–Kier alpha value is -2.57. The van der Waals surface area contributed by atoms with Crippen LogP contribution in [-0.4, -0.2) is 43.9 Å². The average molecular weight is 402 g/mol. The Balaban J connectivity index is 1.99. The molecule has 2 unspecified atom stereocenters. The monoisotopic (exact) mass is 401 g/mol. The molecule has 0 aliphatic heterocycles. The molecule has 0 saturated carbocycles. The van der Waals surface area contributed by atoms with Crippen LogP contribution in [-0.2, 0) is 6.42 Å². The molecule has 0 bridgehead atoms. The summed E-state index contributed by atoms with van der Waals surface area (Å²) in [5, 5.41) is 10.1. The highest BCUT2D eigenvalue weighted by atomic mass is 16.5. The number of nitrogens with two attached hydrogens (primary N) is 1. The molecule has 0 aliphatic carbocycles. The number of carbonyl (C=O) groups is 1. The van der Waals surface area contributed by atoms with E-state index < -0.39 is 6.10 Å². The predicted octanol–water partition coefficient (Wildman–Crippen LogP) is 3.39. The van der Waals surface area contributed by atoms with Crippen LogP contribution in [0.1, 0.15) is 42.1 Å². The van der Waals surface area contributed by atoms with Gasteiger partial charge in [-0.3, -0.25) is 4.79 Å². The van der Waals surface area contributed by atoms with Crippen LogP contribution in [0.2, 0.25) is 0 Å². The molecule has 0 aliphatic rings. The highest BCUT2D eigenvalue weighted by molar-refractivity contribution is 5.96. The molecule has 3 N–H and O–H groups in total. The quantitative estimate of drug-likeness (QED) is 0.530. The maximum absolute atomic E-state index is 12.6.